The molecule has 8 heteroatoms. The van der Waals surface area contributed by atoms with E-state index in [4.69, 9.17) is 9.47 Å². The summed E-state index contributed by atoms with van der Waals surface area (Å²) in [5.74, 6) is 1.66. The molecule has 0 unspecified atom stereocenters. The Bertz CT molecular complexity index is 528. The summed E-state index contributed by atoms with van der Waals surface area (Å²) in [6, 6.07) is 1.93. The highest BCUT2D eigenvalue weighted by molar-refractivity contribution is 5.68. The van der Waals surface area contributed by atoms with E-state index < -0.39 is 0 Å². The molecule has 23 heavy (non-hydrogen) atoms. The Kier molecular flexibility index (Phi) is 5.12. The molecule has 1 aromatic rings. The number of ether oxygens (including phenoxy) is 2. The lowest BCUT2D eigenvalue weighted by Gasteiger charge is -2.34. The molecule has 126 valence electrons. The van der Waals surface area contributed by atoms with Gasteiger partial charge in [0.1, 0.15) is 5.82 Å². The first-order valence-corrected chi connectivity index (χ1v) is 8.10. The van der Waals surface area contributed by atoms with E-state index in [1.165, 1.54) is 0 Å². The second-order valence-electron chi connectivity index (χ2n) is 5.49. The number of nitrogens with zero attached hydrogens (tertiary/aromatic N) is 5. The smallest absolute Gasteiger partial charge is 0.409 e. The van der Waals surface area contributed by atoms with E-state index in [-0.39, 0.29) is 6.09 Å². The van der Waals surface area contributed by atoms with Gasteiger partial charge in [0.05, 0.1) is 19.8 Å². The number of piperazine rings is 1. The number of morpholine rings is 1. The summed E-state index contributed by atoms with van der Waals surface area (Å²) in [6.45, 7) is 8.09. The molecule has 1 amide bonds. The Morgan fingerprint density at radius 2 is 1.91 bits per heavy atom. The topological polar surface area (TPSA) is 71.0 Å². The van der Waals surface area contributed by atoms with Crippen molar-refractivity contribution < 1.29 is 14.3 Å². The highest BCUT2D eigenvalue weighted by Crippen LogP contribution is 2.17. The lowest BCUT2D eigenvalue weighted by atomic mass is 10.3. The Balaban J connectivity index is 1.61. The molecule has 2 saturated heterocycles. The number of carbonyl (C=O) groups is 1. The summed E-state index contributed by atoms with van der Waals surface area (Å²) >= 11 is 0. The molecule has 3 heterocycles. The SMILES string of the molecule is CCOC(=O)N1CCN(c2nccc(N3CCOCC3)n2)CC1. The van der Waals surface area contributed by atoms with Crippen LogP contribution >= 0.6 is 0 Å². The molecule has 3 rings (SSSR count). The van der Waals surface area contributed by atoms with Crippen LogP contribution in [0.4, 0.5) is 16.6 Å². The average Bonchev–Trinajstić information content (AvgIpc) is 2.63. The first-order valence-electron chi connectivity index (χ1n) is 8.10. The first-order chi connectivity index (χ1) is 11.3. The number of amides is 1. The number of anilines is 2. The Hall–Kier alpha value is -2.09. The van der Waals surface area contributed by atoms with E-state index in [9.17, 15) is 4.79 Å². The van der Waals surface area contributed by atoms with Crippen LogP contribution in [0.25, 0.3) is 0 Å². The van der Waals surface area contributed by atoms with Crippen molar-refractivity contribution in [2.24, 2.45) is 0 Å². The van der Waals surface area contributed by atoms with Crippen molar-refractivity contribution in [3.8, 4) is 0 Å². The van der Waals surface area contributed by atoms with Gasteiger partial charge in [0.15, 0.2) is 0 Å². The standard InChI is InChI=1S/C15H23N5O3/c1-2-23-15(21)20-7-5-19(6-8-20)14-16-4-3-13(17-14)18-9-11-22-12-10-18/h3-4H,2,5-12H2,1H3. The summed E-state index contributed by atoms with van der Waals surface area (Å²) in [5, 5.41) is 0. The molecule has 0 aliphatic carbocycles. The number of aromatic nitrogens is 2. The van der Waals surface area contributed by atoms with E-state index in [0.29, 0.717) is 32.8 Å². The molecule has 0 radical (unpaired) electrons. The number of hydrogen-bond donors (Lipinski definition) is 0. The molecular weight excluding hydrogens is 298 g/mol. The van der Waals surface area contributed by atoms with Gasteiger partial charge in [-0.05, 0) is 13.0 Å². The highest BCUT2D eigenvalue weighted by atomic mass is 16.6. The van der Waals surface area contributed by atoms with Crippen molar-refractivity contribution >= 4 is 17.9 Å². The molecule has 2 aliphatic rings. The van der Waals surface area contributed by atoms with Crippen LogP contribution in [0.5, 0.6) is 0 Å². The maximum atomic E-state index is 11.7. The molecule has 1 aromatic heterocycles. The zero-order valence-electron chi connectivity index (χ0n) is 13.5. The second kappa shape index (κ2) is 7.45. The van der Waals surface area contributed by atoms with Crippen LogP contribution in [-0.2, 0) is 9.47 Å². The van der Waals surface area contributed by atoms with E-state index in [0.717, 1.165) is 38.1 Å². The Morgan fingerprint density at radius 1 is 1.17 bits per heavy atom. The molecule has 0 spiro atoms. The predicted octanol–water partition coefficient (Wildman–Crippen LogP) is 0.592. The average molecular weight is 321 g/mol. The zero-order chi connectivity index (χ0) is 16.1. The van der Waals surface area contributed by atoms with Crippen molar-refractivity contribution in [2.75, 3.05) is 68.9 Å². The molecule has 0 bridgehead atoms. The number of hydrogen-bond acceptors (Lipinski definition) is 7. The maximum absolute atomic E-state index is 11.7. The van der Waals surface area contributed by atoms with Gasteiger partial charge in [-0.1, -0.05) is 0 Å². The van der Waals surface area contributed by atoms with Crippen molar-refractivity contribution in [3.05, 3.63) is 12.3 Å². The quantitative estimate of drug-likeness (QED) is 0.807. The third-order valence-corrected chi connectivity index (χ3v) is 4.05. The van der Waals surface area contributed by atoms with Gasteiger partial charge in [0.2, 0.25) is 5.95 Å². The molecule has 2 fully saturated rings. The minimum atomic E-state index is -0.241. The van der Waals surface area contributed by atoms with Crippen LogP contribution in [-0.4, -0.2) is 80.1 Å². The van der Waals surface area contributed by atoms with Gasteiger partial charge in [0, 0.05) is 45.5 Å². The fourth-order valence-electron chi connectivity index (χ4n) is 2.76. The molecule has 8 nitrogen and oxygen atoms in total. The molecule has 2 aliphatic heterocycles. The van der Waals surface area contributed by atoms with Crippen LogP contribution in [0.15, 0.2) is 12.3 Å². The number of rotatable bonds is 3. The Labute approximate surface area is 136 Å². The fraction of sp³-hybridized carbons (Fsp3) is 0.667. The molecule has 0 aromatic carbocycles. The fourth-order valence-corrected chi connectivity index (χ4v) is 2.76. The summed E-state index contributed by atoms with van der Waals surface area (Å²) in [4.78, 5) is 26.9. The minimum absolute atomic E-state index is 0.241. The molecule has 0 N–H and O–H groups in total. The Morgan fingerprint density at radius 3 is 2.61 bits per heavy atom. The van der Waals surface area contributed by atoms with E-state index in [2.05, 4.69) is 19.8 Å². The van der Waals surface area contributed by atoms with Gasteiger partial charge >= 0.3 is 6.09 Å². The summed E-state index contributed by atoms with van der Waals surface area (Å²) < 4.78 is 10.4. The minimum Gasteiger partial charge on any atom is -0.450 e. The van der Waals surface area contributed by atoms with Crippen molar-refractivity contribution in [3.63, 3.8) is 0 Å². The van der Waals surface area contributed by atoms with Crippen LogP contribution in [0, 0.1) is 0 Å². The van der Waals surface area contributed by atoms with Crippen LogP contribution < -0.4 is 9.80 Å². The first kappa shape index (κ1) is 15.8. The third-order valence-electron chi connectivity index (χ3n) is 4.05. The second-order valence-corrected chi connectivity index (χ2v) is 5.49. The molecular formula is C15H23N5O3. The monoisotopic (exact) mass is 321 g/mol. The van der Waals surface area contributed by atoms with E-state index in [1.54, 1.807) is 11.1 Å². The van der Waals surface area contributed by atoms with Crippen LogP contribution in [0.2, 0.25) is 0 Å². The zero-order valence-corrected chi connectivity index (χ0v) is 13.5. The van der Waals surface area contributed by atoms with E-state index in [1.807, 2.05) is 13.0 Å². The van der Waals surface area contributed by atoms with Gasteiger partial charge < -0.3 is 24.2 Å². The third kappa shape index (κ3) is 3.82. The van der Waals surface area contributed by atoms with E-state index >= 15 is 0 Å². The van der Waals surface area contributed by atoms with Crippen LogP contribution in [0.1, 0.15) is 6.92 Å². The van der Waals surface area contributed by atoms with Gasteiger partial charge in [-0.2, -0.15) is 4.98 Å². The van der Waals surface area contributed by atoms with Crippen molar-refractivity contribution in [1.29, 1.82) is 0 Å². The van der Waals surface area contributed by atoms with Crippen molar-refractivity contribution in [1.82, 2.24) is 14.9 Å². The maximum Gasteiger partial charge on any atom is 0.409 e. The largest absolute Gasteiger partial charge is 0.450 e. The van der Waals surface area contributed by atoms with Gasteiger partial charge in [-0.25, -0.2) is 9.78 Å². The number of carbonyl (C=O) groups excluding carboxylic acids is 1. The predicted molar refractivity (Wildman–Crippen MR) is 85.9 cm³/mol. The van der Waals surface area contributed by atoms with Crippen molar-refractivity contribution in [2.45, 2.75) is 6.92 Å². The molecule has 0 saturated carbocycles. The normalized spacial score (nSPS) is 18.9. The lowest BCUT2D eigenvalue weighted by Crippen LogP contribution is -2.49. The highest BCUT2D eigenvalue weighted by Gasteiger charge is 2.24. The summed E-state index contributed by atoms with van der Waals surface area (Å²) in [6.07, 6.45) is 1.56. The summed E-state index contributed by atoms with van der Waals surface area (Å²) in [5.41, 5.74) is 0. The lowest BCUT2D eigenvalue weighted by molar-refractivity contribution is 0.105. The van der Waals surface area contributed by atoms with Gasteiger partial charge in [-0.15, -0.1) is 0 Å². The van der Waals surface area contributed by atoms with Crippen LogP contribution in [0.3, 0.4) is 0 Å². The van der Waals surface area contributed by atoms with Gasteiger partial charge in [-0.3, -0.25) is 0 Å². The van der Waals surface area contributed by atoms with Gasteiger partial charge in [0.25, 0.3) is 0 Å². The summed E-state index contributed by atoms with van der Waals surface area (Å²) in [7, 11) is 0. The molecule has 0 atom stereocenters.